The van der Waals surface area contributed by atoms with Crippen LogP contribution in [0.5, 0.6) is 5.75 Å². The summed E-state index contributed by atoms with van der Waals surface area (Å²) in [5.74, 6) is 0.368. The summed E-state index contributed by atoms with van der Waals surface area (Å²) in [5, 5.41) is 13.7. The van der Waals surface area contributed by atoms with E-state index in [9.17, 15) is 26.7 Å². The van der Waals surface area contributed by atoms with Crippen LogP contribution in [0.3, 0.4) is 0 Å². The summed E-state index contributed by atoms with van der Waals surface area (Å²) in [5.41, 5.74) is -0.249. The van der Waals surface area contributed by atoms with E-state index in [0.29, 0.717) is 49.1 Å². The first kappa shape index (κ1) is 32.6. The predicted molar refractivity (Wildman–Crippen MR) is 167 cm³/mol. The molecule has 2 aliphatic rings. The van der Waals surface area contributed by atoms with Crippen LogP contribution in [0.25, 0.3) is 10.9 Å². The molecule has 5 rings (SSSR count). The van der Waals surface area contributed by atoms with E-state index in [-0.39, 0.29) is 42.1 Å². The molecule has 3 heterocycles. The molecule has 1 unspecified atom stereocenters. The fraction of sp³-hybridized carbons (Fsp3) is 0.516. The average Bonchev–Trinajstić information content (AvgIpc) is 3.41. The Kier molecular flexibility index (Phi) is 9.55. The van der Waals surface area contributed by atoms with E-state index in [4.69, 9.17) is 9.47 Å². The van der Waals surface area contributed by atoms with Crippen molar-refractivity contribution in [3.05, 3.63) is 65.0 Å². The highest BCUT2D eigenvalue weighted by atomic mass is 32.2. The fourth-order valence-corrected chi connectivity index (χ4v) is 8.57. The number of aliphatic hydroxyl groups is 1. The predicted octanol–water partition coefficient (Wildman–Crippen LogP) is 2.55. The maximum Gasteiger partial charge on any atom is 0.248 e. The third kappa shape index (κ3) is 6.58. The Balaban J connectivity index is 1.14. The highest BCUT2D eigenvalue weighted by Gasteiger charge is 2.45. The van der Waals surface area contributed by atoms with E-state index in [2.05, 4.69) is 5.32 Å². The minimum atomic E-state index is -3.99. The second-order valence-corrected chi connectivity index (χ2v) is 16.3. The molecule has 2 N–H and O–H groups in total. The summed E-state index contributed by atoms with van der Waals surface area (Å²) in [7, 11) is -7.43. The van der Waals surface area contributed by atoms with Crippen molar-refractivity contribution in [2.45, 2.75) is 79.4 Å². The van der Waals surface area contributed by atoms with Gasteiger partial charge < -0.3 is 24.5 Å². The number of nitrogens with one attached hydrogen (secondary N) is 1. The van der Waals surface area contributed by atoms with Gasteiger partial charge >= 0.3 is 0 Å². The van der Waals surface area contributed by atoms with E-state index in [0.717, 1.165) is 0 Å². The average molecular weight is 648 g/mol. The Hall–Kier alpha value is -2.81. The number of sulfone groups is 1. The monoisotopic (exact) mass is 647 g/mol. The number of benzene rings is 2. The number of aryl methyl sites for hydroxylation is 1. The summed E-state index contributed by atoms with van der Waals surface area (Å²) < 4.78 is 67.1. The lowest BCUT2D eigenvalue weighted by atomic mass is 9.88. The van der Waals surface area contributed by atoms with Crippen LogP contribution in [-0.2, 0) is 31.1 Å². The van der Waals surface area contributed by atoms with E-state index in [1.807, 2.05) is 19.1 Å². The van der Waals surface area contributed by atoms with Crippen LogP contribution in [0, 0.1) is 0 Å². The van der Waals surface area contributed by atoms with Gasteiger partial charge in [-0.2, -0.15) is 4.31 Å². The Morgan fingerprint density at radius 3 is 2.52 bits per heavy atom. The second kappa shape index (κ2) is 12.9. The Morgan fingerprint density at radius 1 is 1.09 bits per heavy atom. The zero-order valence-corrected chi connectivity index (χ0v) is 26.9. The Labute approximate surface area is 258 Å². The van der Waals surface area contributed by atoms with Crippen LogP contribution in [0.1, 0.15) is 40.0 Å². The van der Waals surface area contributed by atoms with Gasteiger partial charge in [0.1, 0.15) is 23.4 Å². The molecule has 1 aromatic heterocycles. The molecule has 2 aromatic carbocycles. The van der Waals surface area contributed by atoms with Crippen molar-refractivity contribution in [3.8, 4) is 5.75 Å². The highest BCUT2D eigenvalue weighted by Crippen LogP contribution is 2.37. The molecule has 2 aliphatic heterocycles. The van der Waals surface area contributed by atoms with Crippen LogP contribution in [0.15, 0.2) is 69.3 Å². The normalized spacial score (nSPS) is 20.0. The molecule has 2 atom stereocenters. The van der Waals surface area contributed by atoms with Crippen molar-refractivity contribution in [1.82, 2.24) is 14.2 Å². The standard InChI is InChI=1S/C31H41N3O8S2/c1-4-33-19-29(30(36)27-10-5-6-11-28(27)33)44(39,40)34-14-12-31(13-15-34)17-23(20-42-31)32-18-24(35)21-41-25-8-7-9-26(16-25)43(37,38)22(2)3/h5-11,16,19,22-24,32,35H,4,12-15,17-18,20-21H2,1-3H3/t23-,24?/m1/s1. The molecule has 0 amide bonds. The molecule has 0 aliphatic carbocycles. The molecule has 3 aromatic rings. The number of aliphatic hydroxyl groups excluding tert-OH is 1. The lowest BCUT2D eigenvalue weighted by molar-refractivity contribution is -0.0312. The molecule has 0 saturated carbocycles. The molecular formula is C31H41N3O8S2. The summed E-state index contributed by atoms with van der Waals surface area (Å²) >= 11 is 0. The minimum absolute atomic E-state index is 0.0156. The molecule has 1 spiro atoms. The van der Waals surface area contributed by atoms with E-state index < -0.39 is 42.2 Å². The number of ether oxygens (including phenoxy) is 2. The van der Waals surface area contributed by atoms with Gasteiger partial charge in [0.15, 0.2) is 9.84 Å². The SMILES string of the molecule is CCn1cc(S(=O)(=O)N2CCC3(CC2)C[C@@H](NCC(O)COc2cccc(S(=O)(=O)C(C)C)c2)CO3)c(=O)c2ccccc21. The van der Waals surface area contributed by atoms with Crippen LogP contribution >= 0.6 is 0 Å². The van der Waals surface area contributed by atoms with Gasteiger partial charge in [-0.25, -0.2) is 16.8 Å². The minimum Gasteiger partial charge on any atom is -0.491 e. The van der Waals surface area contributed by atoms with Crippen molar-refractivity contribution in [2.24, 2.45) is 0 Å². The first-order valence-electron chi connectivity index (χ1n) is 15.0. The van der Waals surface area contributed by atoms with E-state index in [1.165, 1.54) is 22.6 Å². The van der Waals surface area contributed by atoms with Crippen molar-refractivity contribution in [1.29, 1.82) is 0 Å². The summed E-state index contributed by atoms with van der Waals surface area (Å²) in [6.45, 7) is 6.84. The lowest BCUT2D eigenvalue weighted by Crippen LogP contribution is -2.47. The van der Waals surface area contributed by atoms with Gasteiger partial charge in [0.25, 0.3) is 0 Å². The third-order valence-corrected chi connectivity index (χ3v) is 12.6. The fourth-order valence-electron chi connectivity index (χ4n) is 5.93. The first-order chi connectivity index (χ1) is 20.9. The summed E-state index contributed by atoms with van der Waals surface area (Å²) in [4.78, 5) is 13.2. The molecule has 2 saturated heterocycles. The smallest absolute Gasteiger partial charge is 0.248 e. The lowest BCUT2D eigenvalue weighted by Gasteiger charge is -2.38. The van der Waals surface area contributed by atoms with Gasteiger partial charge in [0.2, 0.25) is 15.5 Å². The van der Waals surface area contributed by atoms with Gasteiger partial charge in [-0.3, -0.25) is 4.79 Å². The Morgan fingerprint density at radius 2 is 1.82 bits per heavy atom. The maximum atomic E-state index is 13.6. The number of hydrogen-bond acceptors (Lipinski definition) is 9. The van der Waals surface area contributed by atoms with Gasteiger partial charge in [0, 0.05) is 43.8 Å². The summed E-state index contributed by atoms with van der Waals surface area (Å²) in [6.07, 6.45) is 2.29. The molecule has 13 heteroatoms. The van der Waals surface area contributed by atoms with Gasteiger partial charge in [-0.05, 0) is 70.4 Å². The van der Waals surface area contributed by atoms with Crippen LogP contribution in [0.2, 0.25) is 0 Å². The quantitative estimate of drug-likeness (QED) is 0.321. The van der Waals surface area contributed by atoms with Crippen molar-refractivity contribution in [2.75, 3.05) is 32.8 Å². The zero-order valence-electron chi connectivity index (χ0n) is 25.3. The number of pyridine rings is 1. The molecular weight excluding hydrogens is 606 g/mol. The zero-order chi connectivity index (χ0) is 31.7. The molecule has 0 bridgehead atoms. The maximum absolute atomic E-state index is 13.6. The number of nitrogens with zero attached hydrogens (tertiary/aromatic N) is 2. The Bertz CT molecular complexity index is 1760. The number of rotatable bonds is 11. The molecule has 2 fully saturated rings. The number of piperidine rings is 1. The first-order valence-corrected chi connectivity index (χ1v) is 18.0. The van der Waals surface area contributed by atoms with E-state index in [1.54, 1.807) is 42.7 Å². The summed E-state index contributed by atoms with van der Waals surface area (Å²) in [6, 6.07) is 13.3. The van der Waals surface area contributed by atoms with Crippen molar-refractivity contribution >= 4 is 30.8 Å². The number of fused-ring (bicyclic) bond motifs is 1. The van der Waals surface area contributed by atoms with E-state index >= 15 is 0 Å². The van der Waals surface area contributed by atoms with Crippen LogP contribution < -0.4 is 15.5 Å². The van der Waals surface area contributed by atoms with Gasteiger partial charge in [0.05, 0.1) is 27.9 Å². The molecule has 0 radical (unpaired) electrons. The second-order valence-electron chi connectivity index (χ2n) is 11.9. The molecule has 240 valence electrons. The van der Waals surface area contributed by atoms with Crippen LogP contribution in [0.4, 0.5) is 0 Å². The number of hydrogen-bond donors (Lipinski definition) is 2. The largest absolute Gasteiger partial charge is 0.491 e. The number of aromatic nitrogens is 1. The van der Waals surface area contributed by atoms with Crippen molar-refractivity contribution in [3.63, 3.8) is 0 Å². The molecule has 44 heavy (non-hydrogen) atoms. The third-order valence-electron chi connectivity index (χ3n) is 8.60. The molecule has 11 nitrogen and oxygen atoms in total. The van der Waals surface area contributed by atoms with Gasteiger partial charge in [-0.1, -0.05) is 18.2 Å². The van der Waals surface area contributed by atoms with Crippen molar-refractivity contribution < 1.29 is 31.4 Å². The van der Waals surface area contributed by atoms with Crippen LogP contribution in [-0.4, -0.2) is 86.7 Å². The number of sulfonamides is 1. The van der Waals surface area contributed by atoms with Gasteiger partial charge in [-0.15, -0.1) is 0 Å². The number of para-hydroxylation sites is 1. The highest BCUT2D eigenvalue weighted by molar-refractivity contribution is 7.92. The topological polar surface area (TPSA) is 144 Å².